The lowest BCUT2D eigenvalue weighted by molar-refractivity contribution is 0.228. The molecule has 0 unspecified atom stereocenters. The fourth-order valence-electron chi connectivity index (χ4n) is 0.542. The Kier molecular flexibility index (Phi) is 2.48. The number of rotatable bonds is 4. The Morgan fingerprint density at radius 1 is 1.75 bits per heavy atom. The summed E-state index contributed by atoms with van der Waals surface area (Å²) in [7, 11) is 0. The molecule has 1 nitrogen and oxygen atoms in total. The van der Waals surface area contributed by atoms with Crippen LogP contribution in [-0.4, -0.2) is 11.7 Å². The molecule has 0 radical (unpaired) electrons. The number of hydrogen-bond donors (Lipinski definition) is 1. The molecule has 1 atom stereocenters. The third kappa shape index (κ3) is 4.13. The molecule has 0 heterocycles. The van der Waals surface area contributed by atoms with E-state index in [1.807, 2.05) is 6.92 Å². The molecule has 0 bridgehead atoms. The molecule has 0 spiro atoms. The van der Waals surface area contributed by atoms with Crippen molar-refractivity contribution in [3.63, 3.8) is 0 Å². The van der Waals surface area contributed by atoms with E-state index in [1.165, 1.54) is 0 Å². The average Bonchev–Trinajstić information content (AvgIpc) is 1.87. The first-order valence-electron chi connectivity index (χ1n) is 4.63. The van der Waals surface area contributed by atoms with E-state index >= 15 is 0 Å². The van der Waals surface area contributed by atoms with E-state index in [4.69, 9.17) is 9.22 Å². The maximum atomic E-state index is 8.73. The standard InChI is InChI=1S/C7H16O/c1-3-4-5-7(2)6-8/h7-8H,3-6H2,1-2H3/t7-/m0/s1/i2D3. The Balaban J connectivity index is 3.76. The minimum Gasteiger partial charge on any atom is -0.396 e. The second kappa shape index (κ2) is 5.10. The summed E-state index contributed by atoms with van der Waals surface area (Å²) >= 11 is 0. The maximum Gasteiger partial charge on any atom is 0.0456 e. The van der Waals surface area contributed by atoms with Crippen LogP contribution in [0.3, 0.4) is 0 Å². The fourth-order valence-corrected chi connectivity index (χ4v) is 0.542. The van der Waals surface area contributed by atoms with Crippen molar-refractivity contribution in [2.75, 3.05) is 6.61 Å². The van der Waals surface area contributed by atoms with Crippen molar-refractivity contribution in [1.29, 1.82) is 0 Å². The Morgan fingerprint density at radius 2 is 2.50 bits per heavy atom. The van der Waals surface area contributed by atoms with E-state index < -0.39 is 12.8 Å². The van der Waals surface area contributed by atoms with Crippen molar-refractivity contribution in [2.45, 2.75) is 33.0 Å². The van der Waals surface area contributed by atoms with Gasteiger partial charge in [0.1, 0.15) is 0 Å². The zero-order valence-electron chi connectivity index (χ0n) is 8.35. The summed E-state index contributed by atoms with van der Waals surface area (Å²) < 4.78 is 21.1. The zero-order chi connectivity index (χ0) is 8.91. The first-order valence-corrected chi connectivity index (χ1v) is 3.13. The van der Waals surface area contributed by atoms with Crippen molar-refractivity contribution in [3.05, 3.63) is 0 Å². The molecule has 0 aliphatic carbocycles. The van der Waals surface area contributed by atoms with E-state index in [9.17, 15) is 0 Å². The predicted molar refractivity (Wildman–Crippen MR) is 35.8 cm³/mol. The van der Waals surface area contributed by atoms with E-state index in [0.717, 1.165) is 12.8 Å². The molecular weight excluding hydrogens is 100 g/mol. The van der Waals surface area contributed by atoms with Crippen LogP contribution in [-0.2, 0) is 0 Å². The molecular formula is C7H16O. The molecule has 0 fully saturated rings. The van der Waals surface area contributed by atoms with Crippen LogP contribution in [0.2, 0.25) is 0 Å². The second-order valence-electron chi connectivity index (χ2n) is 2.02. The molecule has 1 heteroatoms. The predicted octanol–water partition coefficient (Wildman–Crippen LogP) is 1.80. The molecule has 0 saturated carbocycles. The maximum absolute atomic E-state index is 8.73. The van der Waals surface area contributed by atoms with Crippen molar-refractivity contribution in [1.82, 2.24) is 0 Å². The lowest BCUT2D eigenvalue weighted by Gasteiger charge is -2.03. The van der Waals surface area contributed by atoms with Crippen LogP contribution in [0, 0.1) is 5.92 Å². The summed E-state index contributed by atoms with van der Waals surface area (Å²) in [6.07, 6.45) is 2.46. The van der Waals surface area contributed by atoms with Gasteiger partial charge in [0.2, 0.25) is 0 Å². The second-order valence-corrected chi connectivity index (χ2v) is 2.02. The number of hydrogen-bond acceptors (Lipinski definition) is 1. The van der Waals surface area contributed by atoms with Gasteiger partial charge in [-0.25, -0.2) is 0 Å². The molecule has 0 saturated heterocycles. The van der Waals surface area contributed by atoms with Gasteiger partial charge in [0.05, 0.1) is 0 Å². The zero-order valence-corrected chi connectivity index (χ0v) is 5.35. The van der Waals surface area contributed by atoms with Gasteiger partial charge < -0.3 is 5.11 Å². The topological polar surface area (TPSA) is 20.2 Å². The molecule has 0 aliphatic rings. The first-order chi connectivity index (χ1) is 5.02. The van der Waals surface area contributed by atoms with E-state index in [2.05, 4.69) is 0 Å². The van der Waals surface area contributed by atoms with Crippen molar-refractivity contribution in [3.8, 4) is 0 Å². The monoisotopic (exact) mass is 119 g/mol. The summed E-state index contributed by atoms with van der Waals surface area (Å²) in [5.41, 5.74) is 0. The van der Waals surface area contributed by atoms with Gasteiger partial charge in [-0.1, -0.05) is 26.6 Å². The van der Waals surface area contributed by atoms with Gasteiger partial charge in [-0.15, -0.1) is 0 Å². The van der Waals surface area contributed by atoms with Crippen LogP contribution in [0.15, 0.2) is 0 Å². The van der Waals surface area contributed by atoms with Gasteiger partial charge in [-0.3, -0.25) is 0 Å². The number of aliphatic hydroxyl groups is 1. The summed E-state index contributed by atoms with van der Waals surface area (Å²) in [5, 5.41) is 8.73. The van der Waals surface area contributed by atoms with Crippen LogP contribution in [0.5, 0.6) is 0 Å². The van der Waals surface area contributed by atoms with Gasteiger partial charge in [-0.2, -0.15) is 0 Å². The molecule has 0 aromatic rings. The summed E-state index contributed by atoms with van der Waals surface area (Å²) in [6.45, 7) is -0.200. The van der Waals surface area contributed by atoms with Gasteiger partial charge in [0.25, 0.3) is 0 Å². The summed E-state index contributed by atoms with van der Waals surface area (Å²) in [5.74, 6) is -0.526. The number of aliphatic hydroxyl groups excluding tert-OH is 1. The minimum absolute atomic E-state index is 0.226. The highest BCUT2D eigenvalue weighted by molar-refractivity contribution is 4.48. The highest BCUT2D eigenvalue weighted by Gasteiger charge is 1.95. The van der Waals surface area contributed by atoms with Gasteiger partial charge in [0, 0.05) is 10.7 Å². The van der Waals surface area contributed by atoms with Crippen molar-refractivity contribution >= 4 is 0 Å². The van der Waals surface area contributed by atoms with Crippen LogP contribution in [0.4, 0.5) is 0 Å². The molecule has 0 aromatic carbocycles. The Bertz CT molecular complexity index is 100. The minimum atomic E-state index is -1.98. The first kappa shape index (κ1) is 3.89. The smallest absolute Gasteiger partial charge is 0.0456 e. The molecule has 0 amide bonds. The van der Waals surface area contributed by atoms with Gasteiger partial charge >= 0.3 is 0 Å². The molecule has 0 rings (SSSR count). The Labute approximate surface area is 55.9 Å². The molecule has 50 valence electrons. The highest BCUT2D eigenvalue weighted by Crippen LogP contribution is 2.04. The van der Waals surface area contributed by atoms with E-state index in [1.54, 1.807) is 0 Å². The third-order valence-electron chi connectivity index (χ3n) is 1.13. The lowest BCUT2D eigenvalue weighted by Crippen LogP contribution is -1.98. The molecule has 8 heavy (non-hydrogen) atoms. The van der Waals surface area contributed by atoms with Crippen molar-refractivity contribution < 1.29 is 9.22 Å². The number of unbranched alkanes of at least 4 members (excludes halogenated alkanes) is 1. The molecule has 0 aromatic heterocycles. The van der Waals surface area contributed by atoms with Gasteiger partial charge in [-0.05, 0) is 12.3 Å². The highest BCUT2D eigenvalue weighted by atomic mass is 16.3. The largest absolute Gasteiger partial charge is 0.396 e. The Hall–Kier alpha value is -0.0400. The van der Waals surface area contributed by atoms with E-state index in [0.29, 0.717) is 6.42 Å². The summed E-state index contributed by atoms with van der Waals surface area (Å²) in [4.78, 5) is 0. The van der Waals surface area contributed by atoms with Crippen LogP contribution in [0.1, 0.15) is 37.2 Å². The lowest BCUT2D eigenvalue weighted by atomic mass is 10.1. The molecule has 1 N–H and O–H groups in total. The van der Waals surface area contributed by atoms with Crippen LogP contribution >= 0.6 is 0 Å². The normalized spacial score (nSPS) is 21.0. The average molecular weight is 119 g/mol. The quantitative estimate of drug-likeness (QED) is 0.598. The molecule has 0 aliphatic heterocycles. The van der Waals surface area contributed by atoms with Gasteiger partial charge in [0.15, 0.2) is 0 Å². The Morgan fingerprint density at radius 3 is 2.88 bits per heavy atom. The van der Waals surface area contributed by atoms with Crippen molar-refractivity contribution in [2.24, 2.45) is 5.92 Å². The van der Waals surface area contributed by atoms with E-state index in [-0.39, 0.29) is 6.61 Å². The van der Waals surface area contributed by atoms with Crippen LogP contribution in [0.25, 0.3) is 0 Å². The fraction of sp³-hybridized carbons (Fsp3) is 1.00. The van der Waals surface area contributed by atoms with Crippen LogP contribution < -0.4 is 0 Å². The summed E-state index contributed by atoms with van der Waals surface area (Å²) in [6, 6.07) is 0. The third-order valence-corrected chi connectivity index (χ3v) is 1.13. The SMILES string of the molecule is [2H]C([2H])([2H])[C@H](CO)CCCC.